The molecule has 0 unspecified atom stereocenters. The average Bonchev–Trinajstić information content (AvgIpc) is 3.62. The minimum atomic E-state index is -1.31. The van der Waals surface area contributed by atoms with Crippen molar-refractivity contribution in [1.82, 2.24) is 9.97 Å². The number of nitrogens with zero attached hydrogens (tertiary/aromatic N) is 3. The van der Waals surface area contributed by atoms with Crippen molar-refractivity contribution in [3.8, 4) is 11.5 Å². The Balaban J connectivity index is 0.00000212. The summed E-state index contributed by atoms with van der Waals surface area (Å²) in [7, 11) is 0. The Morgan fingerprint density at radius 3 is 1.55 bits per heavy atom. The summed E-state index contributed by atoms with van der Waals surface area (Å²) in [6.07, 6.45) is 0. The molecule has 0 aliphatic rings. The van der Waals surface area contributed by atoms with Crippen molar-refractivity contribution in [1.29, 1.82) is 0 Å². The van der Waals surface area contributed by atoms with E-state index in [0.29, 0.717) is 35.8 Å². The topological polar surface area (TPSA) is 114 Å². The number of carbonyl (C=O) groups is 1. The fourth-order valence-electron chi connectivity index (χ4n) is 4.50. The summed E-state index contributed by atoms with van der Waals surface area (Å²) in [6, 6.07) is 30.0. The summed E-state index contributed by atoms with van der Waals surface area (Å²) in [5, 5.41) is 24.2. The molecule has 2 N–H and O–H groups in total. The zero-order valence-electron chi connectivity index (χ0n) is 23.5. The number of thiazole rings is 2. The molecule has 0 bridgehead atoms. The fraction of sp³-hybridized carbons (Fsp3) is 0.0968. The number of ether oxygens (including phenoxy) is 2. The van der Waals surface area contributed by atoms with Gasteiger partial charge in [0.25, 0.3) is 0 Å². The first-order valence-corrected chi connectivity index (χ1v) is 14.3. The second-order valence-electron chi connectivity index (χ2n) is 9.09. The number of carboxylic acid groups (broad SMARTS) is 1. The van der Waals surface area contributed by atoms with Crippen molar-refractivity contribution in [3.05, 3.63) is 118 Å². The molecule has 11 heteroatoms. The van der Waals surface area contributed by atoms with E-state index in [-0.39, 0.29) is 31.0 Å². The van der Waals surface area contributed by atoms with Crippen LogP contribution in [0.2, 0.25) is 0 Å². The quantitative estimate of drug-likeness (QED) is 0.104. The number of rotatable bonds is 10. The summed E-state index contributed by atoms with van der Waals surface area (Å²) in [5.74, 6) is -0.898. The number of aromatic nitrogens is 2. The standard InChI is InChI=1S/C31H23N3O5S2.Na.H/c35-31(36)30(34-37)29(19-9-13-21(14-10-19)38-17-27-32-23-5-1-3-7-25(23)40-27)20-11-15-22(16-12-20)39-18-28-33-24-6-2-4-8-26(24)41-28;;/h1-16,29,37H,17-18H2,(H,35,36);;/q;+1;-1/b34-30-;;. The largest absolute Gasteiger partial charge is 1.00 e. The number of hydrogen-bond donors (Lipinski definition) is 2. The van der Waals surface area contributed by atoms with Crippen LogP contribution in [0.3, 0.4) is 0 Å². The van der Waals surface area contributed by atoms with Crippen LogP contribution in [0.5, 0.6) is 11.5 Å². The Kier molecular flexibility index (Phi) is 9.51. The molecular formula is C31H24N3NaO5S2. The SMILES string of the molecule is O=C(O)/C(=N\O)C(c1ccc(OCc2nc3ccccc3s2)cc1)c1ccc(OCc2nc3ccccc3s2)cc1.[H-].[Na+]. The minimum absolute atomic E-state index is 0. The van der Waals surface area contributed by atoms with Crippen LogP contribution >= 0.6 is 22.7 Å². The van der Waals surface area contributed by atoms with E-state index in [1.807, 2.05) is 48.5 Å². The van der Waals surface area contributed by atoms with Crippen LogP contribution in [0, 0.1) is 0 Å². The molecule has 0 saturated heterocycles. The van der Waals surface area contributed by atoms with Gasteiger partial charge in [0.05, 0.1) is 26.4 Å². The molecule has 0 fully saturated rings. The monoisotopic (exact) mass is 605 g/mol. The minimum Gasteiger partial charge on any atom is -1.00 e. The maximum Gasteiger partial charge on any atom is 1.00 e. The third-order valence-corrected chi connectivity index (χ3v) is 8.45. The Hall–Kier alpha value is -3.80. The molecule has 0 atom stereocenters. The predicted molar refractivity (Wildman–Crippen MR) is 161 cm³/mol. The summed E-state index contributed by atoms with van der Waals surface area (Å²) in [6.45, 7) is 0.637. The molecule has 6 rings (SSSR count). The molecule has 2 aromatic heterocycles. The maximum atomic E-state index is 12.0. The zero-order valence-corrected chi connectivity index (χ0v) is 26.1. The van der Waals surface area contributed by atoms with Crippen molar-refractivity contribution in [2.45, 2.75) is 19.1 Å². The molecule has 8 nitrogen and oxygen atoms in total. The Labute approximate surface area is 272 Å². The predicted octanol–water partition coefficient (Wildman–Crippen LogP) is 4.23. The third kappa shape index (κ3) is 6.64. The number of oxime groups is 1. The van der Waals surface area contributed by atoms with Gasteiger partial charge in [0.2, 0.25) is 0 Å². The van der Waals surface area contributed by atoms with Gasteiger partial charge in [-0.3, -0.25) is 0 Å². The smallest absolute Gasteiger partial charge is 1.00 e. The van der Waals surface area contributed by atoms with Crippen molar-refractivity contribution >= 4 is 54.8 Å². The molecule has 4 aromatic carbocycles. The summed E-state index contributed by atoms with van der Waals surface area (Å²) >= 11 is 3.16. The van der Waals surface area contributed by atoms with Gasteiger partial charge in [0, 0.05) is 0 Å². The molecular weight excluding hydrogens is 581 g/mol. The first-order valence-electron chi connectivity index (χ1n) is 12.7. The Morgan fingerprint density at radius 1 is 0.738 bits per heavy atom. The number of benzene rings is 4. The van der Waals surface area contributed by atoms with E-state index >= 15 is 0 Å². The van der Waals surface area contributed by atoms with Gasteiger partial charge in [-0.2, -0.15) is 0 Å². The number of carboxylic acids is 1. The van der Waals surface area contributed by atoms with Crippen LogP contribution in [0.4, 0.5) is 0 Å². The Morgan fingerprint density at radius 2 is 1.17 bits per heavy atom. The van der Waals surface area contributed by atoms with Crippen molar-refractivity contribution in [2.75, 3.05) is 0 Å². The molecule has 42 heavy (non-hydrogen) atoms. The van der Waals surface area contributed by atoms with Gasteiger partial charge in [0.15, 0.2) is 5.71 Å². The van der Waals surface area contributed by atoms with Gasteiger partial charge in [-0.1, -0.05) is 53.7 Å². The molecule has 0 aliphatic carbocycles. The van der Waals surface area contributed by atoms with E-state index in [1.54, 1.807) is 71.2 Å². The van der Waals surface area contributed by atoms with Gasteiger partial charge in [-0.25, -0.2) is 14.8 Å². The van der Waals surface area contributed by atoms with E-state index in [4.69, 9.17) is 9.47 Å². The normalized spacial score (nSPS) is 11.5. The number of aliphatic carboxylic acids is 1. The van der Waals surface area contributed by atoms with Crippen LogP contribution in [0.1, 0.15) is 28.5 Å². The van der Waals surface area contributed by atoms with Crippen LogP contribution in [-0.2, 0) is 18.0 Å². The molecule has 2 heterocycles. The van der Waals surface area contributed by atoms with Crippen molar-refractivity contribution in [3.63, 3.8) is 0 Å². The second-order valence-corrected chi connectivity index (χ2v) is 11.3. The van der Waals surface area contributed by atoms with E-state index in [0.717, 1.165) is 30.4 Å². The third-order valence-electron chi connectivity index (χ3n) is 6.43. The average molecular weight is 606 g/mol. The van der Waals surface area contributed by atoms with E-state index < -0.39 is 17.6 Å². The molecule has 0 spiro atoms. The van der Waals surface area contributed by atoms with Crippen LogP contribution in [0.15, 0.2) is 102 Å². The van der Waals surface area contributed by atoms with Crippen LogP contribution in [0.25, 0.3) is 20.4 Å². The second kappa shape index (κ2) is 13.5. The van der Waals surface area contributed by atoms with Crippen molar-refractivity contribution in [2.24, 2.45) is 5.16 Å². The Bertz CT molecular complexity index is 1670. The first-order chi connectivity index (χ1) is 20.1. The van der Waals surface area contributed by atoms with Crippen LogP contribution in [-0.4, -0.2) is 32.0 Å². The molecule has 0 saturated carbocycles. The number of fused-ring (bicyclic) bond motifs is 2. The fourth-order valence-corrected chi connectivity index (χ4v) is 6.26. The molecule has 0 aliphatic heterocycles. The molecule has 0 radical (unpaired) electrons. The van der Waals surface area contributed by atoms with Gasteiger partial charge < -0.3 is 21.2 Å². The molecule has 206 valence electrons. The zero-order chi connectivity index (χ0) is 28.2. The summed E-state index contributed by atoms with van der Waals surface area (Å²) in [5.41, 5.74) is 2.75. The van der Waals surface area contributed by atoms with E-state index in [1.165, 1.54) is 0 Å². The number of para-hydroxylation sites is 2. The van der Waals surface area contributed by atoms with Gasteiger partial charge in [0.1, 0.15) is 34.7 Å². The van der Waals surface area contributed by atoms with E-state index in [9.17, 15) is 15.1 Å². The number of hydrogen-bond acceptors (Lipinski definition) is 9. The van der Waals surface area contributed by atoms with Gasteiger partial charge in [-0.05, 0) is 59.7 Å². The molecule has 0 amide bonds. The van der Waals surface area contributed by atoms with Gasteiger partial charge in [-0.15, -0.1) is 22.7 Å². The first kappa shape index (κ1) is 29.7. The van der Waals surface area contributed by atoms with Crippen molar-refractivity contribution < 1.29 is 55.6 Å². The molecule has 6 aromatic rings. The summed E-state index contributed by atoms with van der Waals surface area (Å²) < 4.78 is 14.0. The van der Waals surface area contributed by atoms with Crippen LogP contribution < -0.4 is 39.0 Å². The summed E-state index contributed by atoms with van der Waals surface area (Å²) in [4.78, 5) is 21.1. The van der Waals surface area contributed by atoms with E-state index in [2.05, 4.69) is 15.1 Å². The maximum absolute atomic E-state index is 12.0. The van der Waals surface area contributed by atoms with Gasteiger partial charge >= 0.3 is 35.5 Å².